The highest BCUT2D eigenvalue weighted by Crippen LogP contribution is 2.17. The lowest BCUT2D eigenvalue weighted by Crippen LogP contribution is -2.29. The summed E-state index contributed by atoms with van der Waals surface area (Å²) < 4.78 is 5.90. The van der Waals surface area contributed by atoms with Crippen molar-refractivity contribution in [3.8, 4) is 5.75 Å². The molecule has 0 amide bonds. The number of unbranched alkanes of at least 4 members (excludes halogenated alkanes) is 1. The predicted octanol–water partition coefficient (Wildman–Crippen LogP) is 3.24. The molecule has 0 aliphatic rings. The standard InChI is InChI=1S/C20H33NO3/c1-3-5-7-17(4-2)16-24-20-11-9-18(10-12-20)8-6-13-21-14-19(23)15-22/h6,8-12,17,19,21-23H,3-5,7,13-16H2,1-2H3/b8-6+. The molecular weight excluding hydrogens is 302 g/mol. The Balaban J connectivity index is 2.31. The molecule has 2 atom stereocenters. The van der Waals surface area contributed by atoms with Crippen LogP contribution in [0.3, 0.4) is 0 Å². The molecule has 0 fully saturated rings. The molecule has 1 aromatic carbocycles. The van der Waals surface area contributed by atoms with E-state index >= 15 is 0 Å². The van der Waals surface area contributed by atoms with E-state index in [4.69, 9.17) is 9.84 Å². The van der Waals surface area contributed by atoms with Crippen molar-refractivity contribution in [3.63, 3.8) is 0 Å². The maximum atomic E-state index is 9.21. The third kappa shape index (κ3) is 9.06. The smallest absolute Gasteiger partial charge is 0.119 e. The average Bonchev–Trinajstić information content (AvgIpc) is 2.62. The Morgan fingerprint density at radius 2 is 1.96 bits per heavy atom. The Morgan fingerprint density at radius 1 is 1.21 bits per heavy atom. The van der Waals surface area contributed by atoms with Gasteiger partial charge in [-0.2, -0.15) is 0 Å². The third-order valence-corrected chi connectivity index (χ3v) is 4.07. The minimum atomic E-state index is -0.695. The van der Waals surface area contributed by atoms with Crippen molar-refractivity contribution in [2.45, 2.75) is 45.6 Å². The predicted molar refractivity (Wildman–Crippen MR) is 100 cm³/mol. The molecule has 0 radical (unpaired) electrons. The molecule has 136 valence electrons. The van der Waals surface area contributed by atoms with Gasteiger partial charge in [-0.15, -0.1) is 0 Å². The van der Waals surface area contributed by atoms with Crippen LogP contribution in [0.2, 0.25) is 0 Å². The van der Waals surface area contributed by atoms with Crippen LogP contribution >= 0.6 is 0 Å². The summed E-state index contributed by atoms with van der Waals surface area (Å²) in [6.45, 7) is 6.09. The molecule has 3 N–H and O–H groups in total. The molecule has 0 aliphatic carbocycles. The number of benzene rings is 1. The lowest BCUT2D eigenvalue weighted by molar-refractivity contribution is 0.0953. The summed E-state index contributed by atoms with van der Waals surface area (Å²) in [6.07, 6.45) is 8.25. The van der Waals surface area contributed by atoms with Gasteiger partial charge < -0.3 is 20.3 Å². The summed E-state index contributed by atoms with van der Waals surface area (Å²) in [5.74, 6) is 1.57. The fraction of sp³-hybridized carbons (Fsp3) is 0.600. The van der Waals surface area contributed by atoms with Crippen LogP contribution in [0.25, 0.3) is 6.08 Å². The molecule has 0 bridgehead atoms. The van der Waals surface area contributed by atoms with Gasteiger partial charge in [0.25, 0.3) is 0 Å². The van der Waals surface area contributed by atoms with Gasteiger partial charge in [0.2, 0.25) is 0 Å². The van der Waals surface area contributed by atoms with E-state index in [1.807, 2.05) is 36.4 Å². The van der Waals surface area contributed by atoms with Crippen LogP contribution in [0.4, 0.5) is 0 Å². The van der Waals surface area contributed by atoms with E-state index in [1.165, 1.54) is 25.7 Å². The van der Waals surface area contributed by atoms with Gasteiger partial charge in [0, 0.05) is 13.1 Å². The summed E-state index contributed by atoms with van der Waals surface area (Å²) in [5.41, 5.74) is 1.12. The second kappa shape index (κ2) is 13.0. The van der Waals surface area contributed by atoms with Crippen molar-refractivity contribution in [1.82, 2.24) is 5.32 Å². The van der Waals surface area contributed by atoms with E-state index < -0.39 is 6.10 Å². The van der Waals surface area contributed by atoms with E-state index in [9.17, 15) is 5.11 Å². The average molecular weight is 335 g/mol. The first-order valence-corrected chi connectivity index (χ1v) is 9.08. The maximum Gasteiger partial charge on any atom is 0.119 e. The topological polar surface area (TPSA) is 61.7 Å². The highest BCUT2D eigenvalue weighted by atomic mass is 16.5. The van der Waals surface area contributed by atoms with E-state index in [0.29, 0.717) is 19.0 Å². The summed E-state index contributed by atoms with van der Waals surface area (Å²) in [6, 6.07) is 8.10. The molecule has 0 aliphatic heterocycles. The number of hydrogen-bond acceptors (Lipinski definition) is 4. The minimum absolute atomic E-state index is 0.213. The highest BCUT2D eigenvalue weighted by molar-refractivity contribution is 5.50. The van der Waals surface area contributed by atoms with Crippen molar-refractivity contribution in [2.24, 2.45) is 5.92 Å². The fourth-order valence-electron chi connectivity index (χ4n) is 2.38. The first-order valence-electron chi connectivity index (χ1n) is 9.08. The summed E-state index contributed by atoms with van der Waals surface area (Å²) in [4.78, 5) is 0. The monoisotopic (exact) mass is 335 g/mol. The van der Waals surface area contributed by atoms with Gasteiger partial charge in [-0.25, -0.2) is 0 Å². The van der Waals surface area contributed by atoms with E-state index in [2.05, 4.69) is 19.2 Å². The second-order valence-electron chi connectivity index (χ2n) is 6.19. The zero-order valence-corrected chi connectivity index (χ0v) is 15.1. The Kier molecular flexibility index (Phi) is 11.2. The largest absolute Gasteiger partial charge is 0.493 e. The SMILES string of the molecule is CCCCC(CC)COc1ccc(/C=C/CNCC(O)CO)cc1. The molecule has 0 aromatic heterocycles. The first-order chi connectivity index (χ1) is 11.7. The van der Waals surface area contributed by atoms with Crippen molar-refractivity contribution in [2.75, 3.05) is 26.3 Å². The van der Waals surface area contributed by atoms with E-state index in [1.54, 1.807) is 0 Å². The highest BCUT2D eigenvalue weighted by Gasteiger charge is 2.06. The summed E-state index contributed by atoms with van der Waals surface area (Å²) in [7, 11) is 0. The third-order valence-electron chi connectivity index (χ3n) is 4.07. The van der Waals surface area contributed by atoms with Crippen molar-refractivity contribution in [3.05, 3.63) is 35.9 Å². The van der Waals surface area contributed by atoms with Gasteiger partial charge >= 0.3 is 0 Å². The normalized spacial score (nSPS) is 14.0. The zero-order valence-electron chi connectivity index (χ0n) is 15.1. The Labute approximate surface area is 146 Å². The molecule has 1 aromatic rings. The minimum Gasteiger partial charge on any atom is -0.493 e. The molecule has 0 spiro atoms. The van der Waals surface area contributed by atoms with E-state index in [-0.39, 0.29) is 6.61 Å². The Hall–Kier alpha value is -1.36. The number of ether oxygens (including phenoxy) is 1. The maximum absolute atomic E-state index is 9.21. The first kappa shape index (κ1) is 20.7. The van der Waals surface area contributed by atoms with Gasteiger partial charge in [0.05, 0.1) is 19.3 Å². The molecule has 0 heterocycles. The van der Waals surface area contributed by atoms with Gasteiger partial charge in [-0.05, 0) is 30.0 Å². The van der Waals surface area contributed by atoms with Crippen LogP contribution in [-0.4, -0.2) is 42.6 Å². The molecule has 0 saturated heterocycles. The van der Waals surface area contributed by atoms with E-state index in [0.717, 1.165) is 17.9 Å². The van der Waals surface area contributed by atoms with Crippen LogP contribution < -0.4 is 10.1 Å². The molecule has 24 heavy (non-hydrogen) atoms. The molecule has 4 nitrogen and oxygen atoms in total. The molecule has 1 rings (SSSR count). The van der Waals surface area contributed by atoms with Gasteiger partial charge in [0.15, 0.2) is 0 Å². The zero-order chi connectivity index (χ0) is 17.6. The van der Waals surface area contributed by atoms with Gasteiger partial charge in [-0.1, -0.05) is 57.4 Å². The Morgan fingerprint density at radius 3 is 2.58 bits per heavy atom. The lowest BCUT2D eigenvalue weighted by atomic mass is 10.0. The second-order valence-corrected chi connectivity index (χ2v) is 6.19. The Bertz CT molecular complexity index is 445. The number of aliphatic hydroxyl groups is 2. The van der Waals surface area contributed by atoms with Crippen molar-refractivity contribution >= 4 is 6.08 Å². The number of hydrogen-bond donors (Lipinski definition) is 3. The number of rotatable bonds is 13. The van der Waals surface area contributed by atoms with Crippen molar-refractivity contribution < 1.29 is 14.9 Å². The fourth-order valence-corrected chi connectivity index (χ4v) is 2.38. The number of aliphatic hydroxyl groups excluding tert-OH is 2. The van der Waals surface area contributed by atoms with Crippen LogP contribution in [0.1, 0.15) is 45.1 Å². The number of nitrogens with one attached hydrogen (secondary N) is 1. The summed E-state index contributed by atoms with van der Waals surface area (Å²) >= 11 is 0. The van der Waals surface area contributed by atoms with Crippen molar-refractivity contribution in [1.29, 1.82) is 0 Å². The quantitative estimate of drug-likeness (QED) is 0.484. The molecule has 2 unspecified atom stereocenters. The van der Waals surface area contributed by atoms with Crippen LogP contribution in [0, 0.1) is 5.92 Å². The molecular formula is C20H33NO3. The lowest BCUT2D eigenvalue weighted by Gasteiger charge is -2.15. The van der Waals surface area contributed by atoms with Gasteiger partial charge in [-0.3, -0.25) is 0 Å². The van der Waals surface area contributed by atoms with Crippen LogP contribution in [0.5, 0.6) is 5.75 Å². The van der Waals surface area contributed by atoms with Gasteiger partial charge in [0.1, 0.15) is 5.75 Å². The van der Waals surface area contributed by atoms with Crippen LogP contribution in [-0.2, 0) is 0 Å². The molecule has 0 saturated carbocycles. The van der Waals surface area contributed by atoms with Crippen LogP contribution in [0.15, 0.2) is 30.3 Å². The molecule has 4 heteroatoms. The summed E-state index contributed by atoms with van der Waals surface area (Å²) in [5, 5.41) is 21.0.